The Morgan fingerprint density at radius 1 is 1.19 bits per heavy atom. The van der Waals surface area contributed by atoms with Crippen LogP contribution in [0.3, 0.4) is 0 Å². The monoisotopic (exact) mass is 216 g/mol. The van der Waals surface area contributed by atoms with Crippen LogP contribution in [0.1, 0.15) is 11.1 Å². The highest BCUT2D eigenvalue weighted by atomic mass is 16.5. The molecule has 1 heterocycles. The van der Waals surface area contributed by atoms with E-state index in [2.05, 4.69) is 17.1 Å². The van der Waals surface area contributed by atoms with Crippen LogP contribution in [0.2, 0.25) is 0 Å². The molecule has 2 aromatic rings. The van der Waals surface area contributed by atoms with Crippen molar-refractivity contribution >= 4 is 16.6 Å². The predicted octanol–water partition coefficient (Wildman–Crippen LogP) is 1.74. The molecule has 0 bridgehead atoms. The summed E-state index contributed by atoms with van der Waals surface area (Å²) in [7, 11) is 3.13. The highest BCUT2D eigenvalue weighted by Crippen LogP contribution is 2.41. The Labute approximate surface area is 93.0 Å². The molecule has 0 fully saturated rings. The minimum atomic E-state index is 0.438. The van der Waals surface area contributed by atoms with Crippen molar-refractivity contribution in [3.05, 3.63) is 23.3 Å². The Balaban J connectivity index is 2.37. The van der Waals surface area contributed by atoms with Crippen molar-refractivity contribution in [2.75, 3.05) is 20.0 Å². The van der Waals surface area contributed by atoms with Crippen LogP contribution in [0.5, 0.6) is 11.6 Å². The average Bonchev–Trinajstić information content (AvgIpc) is 3.04. The third kappa shape index (κ3) is 1.13. The summed E-state index contributed by atoms with van der Waals surface area (Å²) < 4.78 is 10.4. The van der Waals surface area contributed by atoms with Gasteiger partial charge >= 0.3 is 0 Å². The standard InChI is InChI=1S/C12H12N2O2/c1-15-11-10(13)8-4-6-3-7(6)5-9(8)14-12(11)16-2/h4-5H,3H2,1-2H3,(H2,13,14). The maximum absolute atomic E-state index is 6.05. The zero-order valence-corrected chi connectivity index (χ0v) is 9.20. The molecule has 82 valence electrons. The first-order valence-corrected chi connectivity index (χ1v) is 5.07. The topological polar surface area (TPSA) is 57.4 Å². The first-order chi connectivity index (χ1) is 7.74. The molecule has 1 aromatic carbocycles. The first-order valence-electron chi connectivity index (χ1n) is 5.07. The van der Waals surface area contributed by atoms with E-state index in [1.54, 1.807) is 14.2 Å². The van der Waals surface area contributed by atoms with E-state index in [1.807, 2.05) is 0 Å². The smallest absolute Gasteiger partial charge is 0.259 e. The Morgan fingerprint density at radius 2 is 1.94 bits per heavy atom. The number of methoxy groups -OCH3 is 2. The number of hydrogen-bond donors (Lipinski definition) is 1. The zero-order valence-electron chi connectivity index (χ0n) is 9.20. The predicted molar refractivity (Wildman–Crippen MR) is 62.1 cm³/mol. The highest BCUT2D eigenvalue weighted by Gasteiger charge is 2.21. The van der Waals surface area contributed by atoms with Gasteiger partial charge < -0.3 is 15.2 Å². The molecule has 0 radical (unpaired) electrons. The second-order valence-corrected chi connectivity index (χ2v) is 3.88. The first kappa shape index (κ1) is 9.27. The third-order valence-corrected chi connectivity index (χ3v) is 2.92. The summed E-state index contributed by atoms with van der Waals surface area (Å²) in [6.07, 6.45) is 1.04. The van der Waals surface area contributed by atoms with Gasteiger partial charge in [0.2, 0.25) is 5.75 Å². The Hall–Kier alpha value is -1.97. The number of nitrogens with two attached hydrogens (primary N) is 1. The van der Waals surface area contributed by atoms with E-state index in [1.165, 1.54) is 11.1 Å². The Kier molecular flexibility index (Phi) is 1.74. The van der Waals surface area contributed by atoms with Crippen molar-refractivity contribution in [1.29, 1.82) is 0 Å². The van der Waals surface area contributed by atoms with Crippen LogP contribution in [0, 0.1) is 0 Å². The van der Waals surface area contributed by atoms with Crippen LogP contribution < -0.4 is 15.2 Å². The summed E-state index contributed by atoms with van der Waals surface area (Å²) in [5, 5.41) is 0.939. The third-order valence-electron chi connectivity index (χ3n) is 2.92. The lowest BCUT2D eigenvalue weighted by molar-refractivity contribution is 0.346. The molecule has 16 heavy (non-hydrogen) atoms. The lowest BCUT2D eigenvalue weighted by atomic mass is 10.2. The molecular weight excluding hydrogens is 204 g/mol. The highest BCUT2D eigenvalue weighted by molar-refractivity contribution is 5.96. The molecule has 0 amide bonds. The van der Waals surface area contributed by atoms with Gasteiger partial charge in [0.15, 0.2) is 0 Å². The van der Waals surface area contributed by atoms with Gasteiger partial charge in [-0.05, 0) is 29.7 Å². The summed E-state index contributed by atoms with van der Waals surface area (Å²) in [6, 6.07) is 4.14. The molecule has 1 aromatic heterocycles. The molecule has 0 aliphatic heterocycles. The summed E-state index contributed by atoms with van der Waals surface area (Å²) in [4.78, 5) is 4.39. The zero-order chi connectivity index (χ0) is 11.3. The van der Waals surface area contributed by atoms with Crippen LogP contribution in [0.4, 0.5) is 5.69 Å². The van der Waals surface area contributed by atoms with Crippen LogP contribution in [0.15, 0.2) is 12.1 Å². The maximum Gasteiger partial charge on any atom is 0.259 e. The van der Waals surface area contributed by atoms with Gasteiger partial charge in [-0.3, -0.25) is 0 Å². The number of nitrogen functional groups attached to an aromatic ring is 1. The normalized spacial score (nSPS) is 12.4. The van der Waals surface area contributed by atoms with Crippen LogP contribution in [-0.4, -0.2) is 19.2 Å². The molecule has 0 saturated heterocycles. The molecule has 4 nitrogen and oxygen atoms in total. The largest absolute Gasteiger partial charge is 0.490 e. The van der Waals surface area contributed by atoms with E-state index in [0.29, 0.717) is 17.3 Å². The summed E-state index contributed by atoms with van der Waals surface area (Å²) in [5.74, 6) is 0.948. The average molecular weight is 216 g/mol. The number of nitrogens with zero attached hydrogens (tertiary/aromatic N) is 1. The molecule has 3 rings (SSSR count). The van der Waals surface area contributed by atoms with E-state index < -0.39 is 0 Å². The number of anilines is 1. The quantitative estimate of drug-likeness (QED) is 0.708. The van der Waals surface area contributed by atoms with Crippen molar-refractivity contribution < 1.29 is 9.47 Å². The second kappa shape index (κ2) is 3.01. The van der Waals surface area contributed by atoms with E-state index in [0.717, 1.165) is 17.3 Å². The minimum Gasteiger partial charge on any atom is -0.490 e. The van der Waals surface area contributed by atoms with Gasteiger partial charge in [0.1, 0.15) is 0 Å². The summed E-state index contributed by atoms with van der Waals surface area (Å²) >= 11 is 0. The van der Waals surface area contributed by atoms with Gasteiger partial charge in [-0.1, -0.05) is 0 Å². The number of benzene rings is 1. The maximum atomic E-state index is 6.05. The number of pyridine rings is 1. The molecule has 4 heteroatoms. The van der Waals surface area contributed by atoms with Gasteiger partial charge in [0.25, 0.3) is 5.88 Å². The minimum absolute atomic E-state index is 0.438. The lowest BCUT2D eigenvalue weighted by Gasteiger charge is -2.11. The fourth-order valence-corrected chi connectivity index (χ4v) is 1.98. The number of ether oxygens (including phenoxy) is 2. The molecule has 1 aliphatic rings. The van der Waals surface area contributed by atoms with Gasteiger partial charge in [-0.25, -0.2) is 4.98 Å². The number of aromatic nitrogens is 1. The SMILES string of the molecule is COc1nc2cc3c(cc2c(N)c1OC)C3. The second-order valence-electron chi connectivity index (χ2n) is 3.88. The van der Waals surface area contributed by atoms with Crippen LogP contribution in [0.25, 0.3) is 10.9 Å². The van der Waals surface area contributed by atoms with Gasteiger partial charge in [-0.2, -0.15) is 0 Å². The fourth-order valence-electron chi connectivity index (χ4n) is 1.98. The molecule has 0 spiro atoms. The number of hydrogen-bond acceptors (Lipinski definition) is 4. The lowest BCUT2D eigenvalue weighted by Crippen LogP contribution is -1.99. The molecular formula is C12H12N2O2. The van der Waals surface area contributed by atoms with Crippen molar-refractivity contribution in [3.63, 3.8) is 0 Å². The van der Waals surface area contributed by atoms with Crippen molar-refractivity contribution in [3.8, 4) is 11.6 Å². The van der Waals surface area contributed by atoms with E-state index in [-0.39, 0.29) is 0 Å². The summed E-state index contributed by atoms with van der Waals surface area (Å²) in [5.41, 5.74) is 10.2. The van der Waals surface area contributed by atoms with E-state index in [9.17, 15) is 0 Å². The number of fused-ring (bicyclic) bond motifs is 2. The number of rotatable bonds is 2. The molecule has 1 aliphatic carbocycles. The van der Waals surface area contributed by atoms with Crippen molar-refractivity contribution in [2.45, 2.75) is 6.42 Å². The molecule has 0 atom stereocenters. The van der Waals surface area contributed by atoms with E-state index >= 15 is 0 Å². The van der Waals surface area contributed by atoms with Gasteiger partial charge in [-0.15, -0.1) is 0 Å². The molecule has 0 saturated carbocycles. The molecule has 2 N–H and O–H groups in total. The Morgan fingerprint density at radius 3 is 2.62 bits per heavy atom. The van der Waals surface area contributed by atoms with E-state index in [4.69, 9.17) is 15.2 Å². The Bertz CT molecular complexity index is 593. The molecule has 0 unspecified atom stereocenters. The van der Waals surface area contributed by atoms with Crippen molar-refractivity contribution in [1.82, 2.24) is 4.98 Å². The van der Waals surface area contributed by atoms with Gasteiger partial charge in [0, 0.05) is 5.39 Å². The van der Waals surface area contributed by atoms with Crippen molar-refractivity contribution in [2.24, 2.45) is 0 Å². The fraction of sp³-hybridized carbons (Fsp3) is 0.250. The van der Waals surface area contributed by atoms with Crippen LogP contribution in [-0.2, 0) is 6.42 Å². The van der Waals surface area contributed by atoms with Crippen LogP contribution >= 0.6 is 0 Å². The van der Waals surface area contributed by atoms with Gasteiger partial charge in [0.05, 0.1) is 25.4 Å². The summed E-state index contributed by atoms with van der Waals surface area (Å²) in [6.45, 7) is 0.